The number of rotatable bonds is 4. The zero-order valence-corrected chi connectivity index (χ0v) is 13.0. The molecule has 1 aliphatic heterocycles. The average Bonchev–Trinajstić information content (AvgIpc) is 3.25. The fourth-order valence-corrected chi connectivity index (χ4v) is 2.79. The first-order valence-corrected chi connectivity index (χ1v) is 7.70. The first kappa shape index (κ1) is 14.0. The van der Waals surface area contributed by atoms with Crippen LogP contribution in [0.1, 0.15) is 5.76 Å². The van der Waals surface area contributed by atoms with Gasteiger partial charge in [0.25, 0.3) is 0 Å². The number of nitrogens with one attached hydrogen (secondary N) is 1. The van der Waals surface area contributed by atoms with Gasteiger partial charge < -0.3 is 19.5 Å². The molecule has 8 nitrogen and oxygen atoms in total. The van der Waals surface area contributed by atoms with Crippen LogP contribution in [0, 0.1) is 0 Å². The molecule has 1 fully saturated rings. The van der Waals surface area contributed by atoms with Gasteiger partial charge >= 0.3 is 0 Å². The predicted molar refractivity (Wildman–Crippen MR) is 86.5 cm³/mol. The fourth-order valence-electron chi connectivity index (χ4n) is 2.79. The molecule has 1 N–H and O–H groups in total. The molecule has 0 unspecified atom stereocenters. The van der Waals surface area contributed by atoms with Gasteiger partial charge in [-0.15, -0.1) is 10.2 Å². The fraction of sp³-hybridized carbons (Fsp3) is 0.400. The van der Waals surface area contributed by atoms with Crippen molar-refractivity contribution in [1.82, 2.24) is 24.5 Å². The van der Waals surface area contributed by atoms with Crippen molar-refractivity contribution in [3.05, 3.63) is 36.7 Å². The van der Waals surface area contributed by atoms with Gasteiger partial charge in [0.1, 0.15) is 17.8 Å². The van der Waals surface area contributed by atoms with Crippen LogP contribution in [0.25, 0.3) is 5.65 Å². The molecule has 4 rings (SSSR count). The van der Waals surface area contributed by atoms with Gasteiger partial charge in [-0.05, 0) is 19.2 Å². The largest absolute Gasteiger partial charge is 0.467 e. The number of likely N-dealkylation sites (N-methyl/N-ethyl adjacent to an activating group) is 1. The second-order valence-corrected chi connectivity index (χ2v) is 5.71. The van der Waals surface area contributed by atoms with Crippen molar-refractivity contribution < 1.29 is 4.42 Å². The molecule has 120 valence electrons. The minimum absolute atomic E-state index is 0.571. The first-order chi connectivity index (χ1) is 11.3. The second kappa shape index (κ2) is 5.88. The van der Waals surface area contributed by atoms with Crippen molar-refractivity contribution in [2.75, 3.05) is 43.4 Å². The van der Waals surface area contributed by atoms with Crippen LogP contribution >= 0.6 is 0 Å². The van der Waals surface area contributed by atoms with Crippen LogP contribution in [0.2, 0.25) is 0 Å². The number of fused-ring (bicyclic) bond motifs is 1. The lowest BCUT2D eigenvalue weighted by Crippen LogP contribution is -2.44. The van der Waals surface area contributed by atoms with E-state index in [1.165, 1.54) is 0 Å². The Balaban J connectivity index is 1.59. The summed E-state index contributed by atoms with van der Waals surface area (Å²) in [5.41, 5.74) is 1.85. The van der Waals surface area contributed by atoms with E-state index in [2.05, 4.69) is 37.3 Å². The Morgan fingerprint density at radius 1 is 1.26 bits per heavy atom. The van der Waals surface area contributed by atoms with Crippen LogP contribution in [0.5, 0.6) is 0 Å². The molecule has 1 aliphatic rings. The molecular weight excluding hydrogens is 294 g/mol. The maximum absolute atomic E-state index is 5.33. The Morgan fingerprint density at radius 2 is 2.13 bits per heavy atom. The standard InChI is InChI=1S/C15H19N7O/c1-20-4-6-21(7-5-20)13-10-17-15(22-11-18-19-14(13)22)16-9-12-3-2-8-23-12/h2-3,8,10-11H,4-7,9H2,1H3,(H,16,17). The quantitative estimate of drug-likeness (QED) is 0.772. The van der Waals surface area contributed by atoms with E-state index >= 15 is 0 Å². The molecule has 8 heteroatoms. The van der Waals surface area contributed by atoms with E-state index in [0.29, 0.717) is 12.5 Å². The summed E-state index contributed by atoms with van der Waals surface area (Å²) in [4.78, 5) is 9.18. The zero-order valence-electron chi connectivity index (χ0n) is 13.0. The van der Waals surface area contributed by atoms with Gasteiger partial charge in [-0.3, -0.25) is 0 Å². The van der Waals surface area contributed by atoms with Crippen LogP contribution in [0.15, 0.2) is 35.3 Å². The molecule has 0 bridgehead atoms. The van der Waals surface area contributed by atoms with E-state index < -0.39 is 0 Å². The molecule has 3 aromatic heterocycles. The number of hydrogen-bond acceptors (Lipinski definition) is 7. The molecule has 0 atom stereocenters. The predicted octanol–water partition coefficient (Wildman–Crippen LogP) is 1.08. The minimum Gasteiger partial charge on any atom is -0.467 e. The molecule has 3 aromatic rings. The van der Waals surface area contributed by atoms with E-state index in [1.807, 2.05) is 22.7 Å². The number of anilines is 2. The molecule has 0 saturated carbocycles. The summed E-state index contributed by atoms with van der Waals surface area (Å²) in [6.45, 7) is 4.60. The van der Waals surface area contributed by atoms with Gasteiger partial charge in [0.05, 0.1) is 19.0 Å². The van der Waals surface area contributed by atoms with Crippen molar-refractivity contribution in [3.8, 4) is 0 Å². The van der Waals surface area contributed by atoms with Gasteiger partial charge in [0, 0.05) is 26.2 Å². The maximum Gasteiger partial charge on any atom is 0.210 e. The number of furan rings is 1. The lowest BCUT2D eigenvalue weighted by atomic mass is 10.3. The molecule has 4 heterocycles. The Hall–Kier alpha value is -2.61. The van der Waals surface area contributed by atoms with Crippen molar-refractivity contribution in [2.24, 2.45) is 0 Å². The molecule has 23 heavy (non-hydrogen) atoms. The molecule has 0 radical (unpaired) electrons. The normalized spacial score (nSPS) is 16.1. The van der Waals surface area contributed by atoms with E-state index in [-0.39, 0.29) is 0 Å². The molecule has 0 aromatic carbocycles. The lowest BCUT2D eigenvalue weighted by molar-refractivity contribution is 0.313. The Labute approximate surface area is 133 Å². The minimum atomic E-state index is 0.571. The summed E-state index contributed by atoms with van der Waals surface area (Å²) in [6, 6.07) is 3.80. The molecular formula is C15H19N7O. The Kier molecular flexibility index (Phi) is 3.58. The molecule has 0 amide bonds. The maximum atomic E-state index is 5.33. The van der Waals surface area contributed by atoms with Gasteiger partial charge in [0.15, 0.2) is 5.65 Å². The Bertz CT molecular complexity index is 774. The number of piperazine rings is 1. The summed E-state index contributed by atoms with van der Waals surface area (Å²) in [5.74, 6) is 1.57. The number of aromatic nitrogens is 4. The highest BCUT2D eigenvalue weighted by atomic mass is 16.3. The number of hydrogen-bond donors (Lipinski definition) is 1. The highest BCUT2D eigenvalue weighted by Crippen LogP contribution is 2.22. The van der Waals surface area contributed by atoms with Gasteiger partial charge in [-0.2, -0.15) is 0 Å². The van der Waals surface area contributed by atoms with E-state index in [0.717, 1.165) is 43.3 Å². The lowest BCUT2D eigenvalue weighted by Gasteiger charge is -2.33. The summed E-state index contributed by atoms with van der Waals surface area (Å²) in [5, 5.41) is 11.6. The molecule has 0 spiro atoms. The van der Waals surface area contributed by atoms with Crippen LogP contribution in [-0.4, -0.2) is 57.7 Å². The van der Waals surface area contributed by atoms with Crippen LogP contribution < -0.4 is 10.2 Å². The first-order valence-electron chi connectivity index (χ1n) is 7.70. The zero-order chi connectivity index (χ0) is 15.6. The van der Waals surface area contributed by atoms with Gasteiger partial charge in [-0.1, -0.05) is 0 Å². The van der Waals surface area contributed by atoms with Gasteiger partial charge in [0.2, 0.25) is 5.95 Å². The summed E-state index contributed by atoms with van der Waals surface area (Å²) >= 11 is 0. The van der Waals surface area contributed by atoms with Crippen molar-refractivity contribution in [2.45, 2.75) is 6.54 Å². The third kappa shape index (κ3) is 2.72. The Morgan fingerprint density at radius 3 is 2.91 bits per heavy atom. The third-order valence-electron chi connectivity index (χ3n) is 4.16. The van der Waals surface area contributed by atoms with E-state index in [4.69, 9.17) is 4.42 Å². The summed E-state index contributed by atoms with van der Waals surface area (Å²) in [6.07, 6.45) is 5.22. The summed E-state index contributed by atoms with van der Waals surface area (Å²) < 4.78 is 7.22. The average molecular weight is 313 g/mol. The SMILES string of the molecule is CN1CCN(c2cnc(NCc3ccco3)n3cnnc23)CC1. The summed E-state index contributed by atoms with van der Waals surface area (Å²) in [7, 11) is 2.14. The molecule has 0 aliphatic carbocycles. The van der Waals surface area contributed by atoms with E-state index in [1.54, 1.807) is 12.6 Å². The second-order valence-electron chi connectivity index (χ2n) is 5.71. The third-order valence-corrected chi connectivity index (χ3v) is 4.16. The number of nitrogens with zero attached hydrogens (tertiary/aromatic N) is 6. The van der Waals surface area contributed by atoms with Crippen molar-refractivity contribution >= 4 is 17.3 Å². The van der Waals surface area contributed by atoms with E-state index in [9.17, 15) is 0 Å². The van der Waals surface area contributed by atoms with Crippen LogP contribution in [0.3, 0.4) is 0 Å². The van der Waals surface area contributed by atoms with Gasteiger partial charge in [-0.25, -0.2) is 9.38 Å². The van der Waals surface area contributed by atoms with Crippen LogP contribution in [-0.2, 0) is 6.54 Å². The highest BCUT2D eigenvalue weighted by molar-refractivity contribution is 5.69. The monoisotopic (exact) mass is 313 g/mol. The van der Waals surface area contributed by atoms with Crippen molar-refractivity contribution in [3.63, 3.8) is 0 Å². The highest BCUT2D eigenvalue weighted by Gasteiger charge is 2.19. The van der Waals surface area contributed by atoms with Crippen LogP contribution in [0.4, 0.5) is 11.6 Å². The topological polar surface area (TPSA) is 74.7 Å². The smallest absolute Gasteiger partial charge is 0.210 e. The van der Waals surface area contributed by atoms with Crippen molar-refractivity contribution in [1.29, 1.82) is 0 Å². The molecule has 1 saturated heterocycles.